The van der Waals surface area contributed by atoms with Crippen molar-refractivity contribution in [1.29, 1.82) is 5.26 Å². The van der Waals surface area contributed by atoms with E-state index in [0.717, 1.165) is 5.56 Å². The van der Waals surface area contributed by atoms with Gasteiger partial charge in [0.15, 0.2) is 0 Å². The second-order valence-electron chi connectivity index (χ2n) is 4.74. The maximum Gasteiger partial charge on any atom is 0.267 e. The van der Waals surface area contributed by atoms with Gasteiger partial charge in [-0.2, -0.15) is 5.26 Å². The van der Waals surface area contributed by atoms with Gasteiger partial charge in [-0.15, -0.1) is 0 Å². The van der Waals surface area contributed by atoms with E-state index in [2.05, 4.69) is 10.3 Å². The molecule has 0 aliphatic rings. The van der Waals surface area contributed by atoms with Crippen LogP contribution < -0.4 is 5.32 Å². The Hall–Kier alpha value is -2.58. The predicted molar refractivity (Wildman–Crippen MR) is 73.9 cm³/mol. The third-order valence-corrected chi connectivity index (χ3v) is 3.05. The molecule has 1 aromatic carbocycles. The molecule has 1 atom stereocenters. The second-order valence-corrected chi connectivity index (χ2v) is 4.74. The molecule has 0 radical (unpaired) electrons. The zero-order valence-electron chi connectivity index (χ0n) is 11.1. The molecule has 2 aromatic rings. The van der Waals surface area contributed by atoms with E-state index in [-0.39, 0.29) is 12.5 Å². The molecule has 3 N–H and O–H groups in total. The lowest BCUT2D eigenvalue weighted by Gasteiger charge is -2.24. The SMILES string of the molecule is CC(O)(CNC(=O)c1cc(C#N)c[nH]1)c1ccccc1. The number of aliphatic hydroxyl groups is 1. The van der Waals surface area contributed by atoms with Crippen LogP contribution in [0.15, 0.2) is 42.6 Å². The average molecular weight is 269 g/mol. The first-order chi connectivity index (χ1) is 9.53. The van der Waals surface area contributed by atoms with Gasteiger partial charge in [-0.3, -0.25) is 4.79 Å². The average Bonchev–Trinajstić information content (AvgIpc) is 2.95. The first kappa shape index (κ1) is 13.8. The van der Waals surface area contributed by atoms with Crippen molar-refractivity contribution in [2.75, 3.05) is 6.54 Å². The number of hydrogen-bond donors (Lipinski definition) is 3. The van der Waals surface area contributed by atoms with Crippen LogP contribution in [-0.2, 0) is 5.60 Å². The van der Waals surface area contributed by atoms with Crippen molar-refractivity contribution in [3.63, 3.8) is 0 Å². The first-order valence-electron chi connectivity index (χ1n) is 6.17. The van der Waals surface area contributed by atoms with Crippen LogP contribution in [0.3, 0.4) is 0 Å². The van der Waals surface area contributed by atoms with Crippen LogP contribution in [-0.4, -0.2) is 22.5 Å². The lowest BCUT2D eigenvalue weighted by molar-refractivity contribution is 0.0525. The van der Waals surface area contributed by atoms with E-state index in [1.807, 2.05) is 24.3 Å². The molecule has 1 heterocycles. The van der Waals surface area contributed by atoms with E-state index in [1.165, 1.54) is 12.3 Å². The maximum atomic E-state index is 11.9. The molecule has 5 heteroatoms. The number of amides is 1. The normalized spacial score (nSPS) is 13.2. The summed E-state index contributed by atoms with van der Waals surface area (Å²) in [5, 5.41) is 21.7. The van der Waals surface area contributed by atoms with Gasteiger partial charge < -0.3 is 15.4 Å². The molecule has 0 bridgehead atoms. The van der Waals surface area contributed by atoms with E-state index >= 15 is 0 Å². The Bertz CT molecular complexity index is 639. The molecule has 0 aliphatic carbocycles. The fourth-order valence-electron chi connectivity index (χ4n) is 1.84. The minimum atomic E-state index is -1.15. The molecular formula is C15H15N3O2. The van der Waals surface area contributed by atoms with Crippen LogP contribution in [0.25, 0.3) is 0 Å². The van der Waals surface area contributed by atoms with Gasteiger partial charge in [-0.1, -0.05) is 30.3 Å². The van der Waals surface area contributed by atoms with Gasteiger partial charge in [0.1, 0.15) is 17.4 Å². The number of benzene rings is 1. The Balaban J connectivity index is 2.01. The fourth-order valence-corrected chi connectivity index (χ4v) is 1.84. The lowest BCUT2D eigenvalue weighted by atomic mass is 9.96. The summed E-state index contributed by atoms with van der Waals surface area (Å²) >= 11 is 0. The van der Waals surface area contributed by atoms with Crippen LogP contribution >= 0.6 is 0 Å². The van der Waals surface area contributed by atoms with Crippen LogP contribution in [0.2, 0.25) is 0 Å². The van der Waals surface area contributed by atoms with Gasteiger partial charge in [-0.05, 0) is 18.6 Å². The summed E-state index contributed by atoms with van der Waals surface area (Å²) in [4.78, 5) is 14.6. The zero-order chi connectivity index (χ0) is 14.6. The number of nitrogens with one attached hydrogen (secondary N) is 2. The highest BCUT2D eigenvalue weighted by Crippen LogP contribution is 2.19. The first-order valence-corrected chi connectivity index (χ1v) is 6.17. The molecule has 2 rings (SSSR count). The summed E-state index contributed by atoms with van der Waals surface area (Å²) in [7, 11) is 0. The van der Waals surface area contributed by atoms with Gasteiger partial charge in [0, 0.05) is 6.20 Å². The van der Waals surface area contributed by atoms with E-state index in [9.17, 15) is 9.90 Å². The molecule has 0 saturated heterocycles. The minimum Gasteiger partial charge on any atom is -0.384 e. The van der Waals surface area contributed by atoms with Crippen LogP contribution in [0.4, 0.5) is 0 Å². The summed E-state index contributed by atoms with van der Waals surface area (Å²) in [6.07, 6.45) is 1.46. The summed E-state index contributed by atoms with van der Waals surface area (Å²) in [5.41, 5.74) is 0.265. The number of carbonyl (C=O) groups is 1. The van der Waals surface area contributed by atoms with Crippen molar-refractivity contribution in [3.05, 3.63) is 59.4 Å². The number of carbonyl (C=O) groups excluding carboxylic acids is 1. The predicted octanol–water partition coefficient (Wildman–Crippen LogP) is 1.52. The van der Waals surface area contributed by atoms with Crippen molar-refractivity contribution >= 4 is 5.91 Å². The van der Waals surface area contributed by atoms with Crippen LogP contribution in [0.5, 0.6) is 0 Å². The standard InChI is InChI=1S/C15H15N3O2/c1-15(20,12-5-3-2-4-6-12)10-18-14(19)13-7-11(8-16)9-17-13/h2-7,9,17,20H,10H2,1H3,(H,18,19). The molecule has 0 aliphatic heterocycles. The molecule has 20 heavy (non-hydrogen) atoms. The number of rotatable bonds is 4. The Morgan fingerprint density at radius 3 is 2.75 bits per heavy atom. The third kappa shape index (κ3) is 3.05. The highest BCUT2D eigenvalue weighted by molar-refractivity contribution is 5.92. The monoisotopic (exact) mass is 269 g/mol. The van der Waals surface area contributed by atoms with E-state index < -0.39 is 5.60 Å². The van der Waals surface area contributed by atoms with Gasteiger partial charge >= 0.3 is 0 Å². The Kier molecular flexibility index (Phi) is 3.87. The molecule has 0 saturated carbocycles. The molecule has 5 nitrogen and oxygen atoms in total. The molecule has 0 spiro atoms. The molecular weight excluding hydrogens is 254 g/mol. The molecule has 102 valence electrons. The quantitative estimate of drug-likeness (QED) is 0.786. The smallest absolute Gasteiger partial charge is 0.267 e. The summed E-state index contributed by atoms with van der Waals surface area (Å²) in [6.45, 7) is 1.72. The van der Waals surface area contributed by atoms with Crippen LogP contribution in [0, 0.1) is 11.3 Å². The van der Waals surface area contributed by atoms with Gasteiger partial charge in [0.05, 0.1) is 12.1 Å². The zero-order valence-corrected chi connectivity index (χ0v) is 11.1. The number of nitriles is 1. The van der Waals surface area contributed by atoms with Crippen molar-refractivity contribution in [2.45, 2.75) is 12.5 Å². The highest BCUT2D eigenvalue weighted by atomic mass is 16.3. The van der Waals surface area contributed by atoms with E-state index in [1.54, 1.807) is 19.1 Å². The molecule has 1 aromatic heterocycles. The van der Waals surface area contributed by atoms with Gasteiger partial charge in [0.25, 0.3) is 5.91 Å². The highest BCUT2D eigenvalue weighted by Gasteiger charge is 2.23. The van der Waals surface area contributed by atoms with Gasteiger partial charge in [-0.25, -0.2) is 0 Å². The summed E-state index contributed by atoms with van der Waals surface area (Å²) in [5.74, 6) is -0.359. The Morgan fingerprint density at radius 1 is 1.45 bits per heavy atom. The fraction of sp³-hybridized carbons (Fsp3) is 0.200. The molecule has 1 unspecified atom stereocenters. The van der Waals surface area contributed by atoms with E-state index in [4.69, 9.17) is 5.26 Å². The largest absolute Gasteiger partial charge is 0.384 e. The van der Waals surface area contributed by atoms with Gasteiger partial charge in [0.2, 0.25) is 0 Å². The van der Waals surface area contributed by atoms with Crippen molar-refractivity contribution < 1.29 is 9.90 Å². The Morgan fingerprint density at radius 2 is 2.15 bits per heavy atom. The van der Waals surface area contributed by atoms with Crippen molar-refractivity contribution in [2.24, 2.45) is 0 Å². The number of hydrogen-bond acceptors (Lipinski definition) is 3. The maximum absolute atomic E-state index is 11.9. The van der Waals surface area contributed by atoms with Crippen molar-refractivity contribution in [3.8, 4) is 6.07 Å². The second kappa shape index (κ2) is 5.59. The molecule has 1 amide bonds. The van der Waals surface area contributed by atoms with Crippen molar-refractivity contribution in [1.82, 2.24) is 10.3 Å². The molecule has 0 fully saturated rings. The topological polar surface area (TPSA) is 88.9 Å². The number of aromatic amines is 1. The minimum absolute atomic E-state index is 0.0801. The number of nitrogens with zero attached hydrogens (tertiary/aromatic N) is 1. The number of H-pyrrole nitrogens is 1. The van der Waals surface area contributed by atoms with E-state index in [0.29, 0.717) is 11.3 Å². The summed E-state index contributed by atoms with van der Waals surface area (Å²) < 4.78 is 0. The van der Waals surface area contributed by atoms with Crippen LogP contribution in [0.1, 0.15) is 28.5 Å². The lowest BCUT2D eigenvalue weighted by Crippen LogP contribution is -2.38. The third-order valence-electron chi connectivity index (χ3n) is 3.05. The number of aromatic nitrogens is 1. The summed E-state index contributed by atoms with van der Waals surface area (Å²) in [6, 6.07) is 12.5. The Labute approximate surface area is 116 Å².